The van der Waals surface area contributed by atoms with Gasteiger partial charge in [0.05, 0.1) is 18.8 Å². The van der Waals surface area contributed by atoms with Crippen LogP contribution in [0.25, 0.3) is 6.08 Å². The summed E-state index contributed by atoms with van der Waals surface area (Å²) in [6.07, 6.45) is 2.71. The van der Waals surface area contributed by atoms with Crippen molar-refractivity contribution in [3.05, 3.63) is 65.5 Å². The van der Waals surface area contributed by atoms with Crippen LogP contribution in [0, 0.1) is 5.82 Å². The number of Topliss-reactive ketones (excluding diaryl/α,β-unsaturated/α-hetero) is 1. The molecule has 6 heteroatoms. The van der Waals surface area contributed by atoms with Crippen molar-refractivity contribution < 1.29 is 28.2 Å². The van der Waals surface area contributed by atoms with Gasteiger partial charge in [-0.05, 0) is 49.8 Å². The van der Waals surface area contributed by atoms with E-state index in [1.807, 2.05) is 13.8 Å². The molecule has 0 aromatic heterocycles. The molecular weight excluding hydrogens is 351 g/mol. The number of esters is 1. The van der Waals surface area contributed by atoms with Crippen LogP contribution >= 0.6 is 0 Å². The fraction of sp³-hybridized carbons (Fsp3) is 0.238. The molecule has 2 aromatic carbocycles. The van der Waals surface area contributed by atoms with E-state index in [4.69, 9.17) is 14.2 Å². The number of hydrogen-bond acceptors (Lipinski definition) is 5. The SMILES string of the molecule is COc1cc(/C=C/C(=O)OCC(=O)c2ccccc2F)ccc1OC(C)C. The van der Waals surface area contributed by atoms with Crippen LogP contribution in [0.1, 0.15) is 29.8 Å². The van der Waals surface area contributed by atoms with Gasteiger partial charge < -0.3 is 14.2 Å². The van der Waals surface area contributed by atoms with Crippen LogP contribution in [0.15, 0.2) is 48.5 Å². The van der Waals surface area contributed by atoms with Crippen LogP contribution in [0.2, 0.25) is 0 Å². The number of carbonyl (C=O) groups is 2. The first-order chi connectivity index (χ1) is 12.9. The largest absolute Gasteiger partial charge is 0.493 e. The zero-order valence-electron chi connectivity index (χ0n) is 15.4. The summed E-state index contributed by atoms with van der Waals surface area (Å²) in [6, 6.07) is 10.8. The van der Waals surface area contributed by atoms with Crippen LogP contribution in [-0.2, 0) is 9.53 Å². The lowest BCUT2D eigenvalue weighted by Crippen LogP contribution is -2.13. The van der Waals surface area contributed by atoms with E-state index in [0.717, 1.165) is 0 Å². The van der Waals surface area contributed by atoms with E-state index in [1.54, 1.807) is 18.2 Å². The van der Waals surface area contributed by atoms with Gasteiger partial charge in [-0.3, -0.25) is 4.79 Å². The Balaban J connectivity index is 1.96. The quantitative estimate of drug-likeness (QED) is 0.397. The summed E-state index contributed by atoms with van der Waals surface area (Å²) in [5.74, 6) is -0.825. The Kier molecular flexibility index (Phi) is 7.11. The first kappa shape index (κ1) is 20.2. The van der Waals surface area contributed by atoms with Crippen molar-refractivity contribution in [2.45, 2.75) is 20.0 Å². The van der Waals surface area contributed by atoms with E-state index < -0.39 is 24.2 Å². The summed E-state index contributed by atoms with van der Waals surface area (Å²) in [6.45, 7) is 3.28. The second kappa shape index (κ2) is 9.52. The van der Waals surface area contributed by atoms with Crippen LogP contribution in [0.3, 0.4) is 0 Å². The van der Waals surface area contributed by atoms with Gasteiger partial charge in [-0.1, -0.05) is 18.2 Å². The molecule has 142 valence electrons. The van der Waals surface area contributed by atoms with Gasteiger partial charge in [-0.25, -0.2) is 9.18 Å². The number of ether oxygens (including phenoxy) is 3. The van der Waals surface area contributed by atoms with Crippen LogP contribution in [0.5, 0.6) is 11.5 Å². The minimum atomic E-state index is -0.707. The van der Waals surface area contributed by atoms with Gasteiger partial charge in [-0.2, -0.15) is 0 Å². The van der Waals surface area contributed by atoms with E-state index in [1.165, 1.54) is 43.5 Å². The molecule has 0 aliphatic rings. The Morgan fingerprint density at radius 1 is 1.11 bits per heavy atom. The zero-order chi connectivity index (χ0) is 19.8. The Labute approximate surface area is 157 Å². The Hall–Kier alpha value is -3.15. The highest BCUT2D eigenvalue weighted by molar-refractivity contribution is 5.99. The third kappa shape index (κ3) is 5.95. The van der Waals surface area contributed by atoms with E-state index >= 15 is 0 Å². The third-order valence-electron chi connectivity index (χ3n) is 3.48. The monoisotopic (exact) mass is 372 g/mol. The maximum Gasteiger partial charge on any atom is 0.331 e. The molecule has 0 atom stereocenters. The van der Waals surface area contributed by atoms with E-state index in [0.29, 0.717) is 17.1 Å². The molecule has 0 unspecified atom stereocenters. The molecule has 0 aliphatic carbocycles. The van der Waals surface area contributed by atoms with Gasteiger partial charge in [0.15, 0.2) is 18.1 Å². The molecule has 0 saturated heterocycles. The molecule has 0 amide bonds. The van der Waals surface area contributed by atoms with Gasteiger partial charge in [-0.15, -0.1) is 0 Å². The molecule has 0 fully saturated rings. The number of carbonyl (C=O) groups excluding carboxylic acids is 2. The van der Waals surface area contributed by atoms with Crippen molar-refractivity contribution in [2.75, 3.05) is 13.7 Å². The average molecular weight is 372 g/mol. The van der Waals surface area contributed by atoms with Crippen LogP contribution in [0.4, 0.5) is 4.39 Å². The number of rotatable bonds is 8. The lowest BCUT2D eigenvalue weighted by molar-refractivity contribution is -0.136. The molecule has 0 radical (unpaired) electrons. The average Bonchev–Trinajstić information content (AvgIpc) is 2.65. The van der Waals surface area contributed by atoms with Gasteiger partial charge in [0.2, 0.25) is 5.78 Å². The second-order valence-electron chi connectivity index (χ2n) is 5.92. The molecule has 0 heterocycles. The number of methoxy groups -OCH3 is 1. The molecule has 2 rings (SSSR count). The lowest BCUT2D eigenvalue weighted by Gasteiger charge is -2.13. The van der Waals surface area contributed by atoms with Crippen molar-refractivity contribution in [1.29, 1.82) is 0 Å². The summed E-state index contributed by atoms with van der Waals surface area (Å²) in [5, 5.41) is 0. The molecule has 5 nitrogen and oxygen atoms in total. The molecule has 0 saturated carbocycles. The Bertz CT molecular complexity index is 842. The lowest BCUT2D eigenvalue weighted by atomic mass is 10.1. The van der Waals surface area contributed by atoms with Gasteiger partial charge in [0, 0.05) is 6.08 Å². The molecule has 0 aliphatic heterocycles. The highest BCUT2D eigenvalue weighted by atomic mass is 19.1. The highest BCUT2D eigenvalue weighted by Gasteiger charge is 2.12. The molecule has 2 aromatic rings. The van der Waals surface area contributed by atoms with E-state index in [9.17, 15) is 14.0 Å². The standard InChI is InChI=1S/C21H21FO5/c1-14(2)27-19-10-8-15(12-20(19)25-3)9-11-21(24)26-13-18(23)16-6-4-5-7-17(16)22/h4-12,14H,13H2,1-3H3/b11-9+. The van der Waals surface area contributed by atoms with Crippen LogP contribution < -0.4 is 9.47 Å². The Morgan fingerprint density at radius 2 is 1.85 bits per heavy atom. The van der Waals surface area contributed by atoms with Crippen LogP contribution in [-0.4, -0.2) is 31.6 Å². The maximum absolute atomic E-state index is 13.5. The topological polar surface area (TPSA) is 61.8 Å². The van der Waals surface area contributed by atoms with Gasteiger partial charge in [0.25, 0.3) is 0 Å². The first-order valence-corrected chi connectivity index (χ1v) is 8.38. The fourth-order valence-electron chi connectivity index (χ4n) is 2.25. The van der Waals surface area contributed by atoms with Crippen molar-refractivity contribution in [3.63, 3.8) is 0 Å². The van der Waals surface area contributed by atoms with Crippen molar-refractivity contribution in [3.8, 4) is 11.5 Å². The smallest absolute Gasteiger partial charge is 0.331 e. The number of benzene rings is 2. The molecular formula is C21H21FO5. The van der Waals surface area contributed by atoms with Gasteiger partial charge in [0.1, 0.15) is 5.82 Å². The number of ketones is 1. The van der Waals surface area contributed by atoms with Gasteiger partial charge >= 0.3 is 5.97 Å². The highest BCUT2D eigenvalue weighted by Crippen LogP contribution is 2.29. The predicted molar refractivity (Wildman–Crippen MR) is 99.5 cm³/mol. The normalized spacial score (nSPS) is 10.9. The first-order valence-electron chi connectivity index (χ1n) is 8.38. The summed E-state index contributed by atoms with van der Waals surface area (Å²) in [4.78, 5) is 23.7. The second-order valence-corrected chi connectivity index (χ2v) is 5.92. The molecule has 27 heavy (non-hydrogen) atoms. The third-order valence-corrected chi connectivity index (χ3v) is 3.48. The number of halogens is 1. The summed E-state index contributed by atoms with van der Waals surface area (Å²) < 4.78 is 29.3. The van der Waals surface area contributed by atoms with E-state index in [2.05, 4.69) is 0 Å². The van der Waals surface area contributed by atoms with Crippen molar-refractivity contribution >= 4 is 17.8 Å². The summed E-state index contributed by atoms with van der Waals surface area (Å²) >= 11 is 0. The molecule has 0 bridgehead atoms. The minimum Gasteiger partial charge on any atom is -0.493 e. The van der Waals surface area contributed by atoms with Crippen molar-refractivity contribution in [1.82, 2.24) is 0 Å². The fourth-order valence-corrected chi connectivity index (χ4v) is 2.25. The molecule has 0 N–H and O–H groups in total. The summed E-state index contributed by atoms with van der Waals surface area (Å²) in [5.41, 5.74) is 0.583. The predicted octanol–water partition coefficient (Wildman–Crippen LogP) is 4.06. The zero-order valence-corrected chi connectivity index (χ0v) is 15.4. The number of hydrogen-bond donors (Lipinski definition) is 0. The van der Waals surface area contributed by atoms with E-state index in [-0.39, 0.29) is 11.7 Å². The minimum absolute atomic E-state index is 0.00209. The summed E-state index contributed by atoms with van der Waals surface area (Å²) in [7, 11) is 1.53. The molecule has 0 spiro atoms. The maximum atomic E-state index is 13.5. The van der Waals surface area contributed by atoms with Crippen molar-refractivity contribution in [2.24, 2.45) is 0 Å². The Morgan fingerprint density at radius 3 is 2.52 bits per heavy atom.